The van der Waals surface area contributed by atoms with Crippen molar-refractivity contribution in [1.29, 1.82) is 0 Å². The van der Waals surface area contributed by atoms with E-state index in [-0.39, 0.29) is 23.0 Å². The van der Waals surface area contributed by atoms with Crippen LogP contribution in [0.5, 0.6) is 5.75 Å². The summed E-state index contributed by atoms with van der Waals surface area (Å²) >= 11 is 0. The normalized spacial score (nSPS) is 12.5. The fourth-order valence-corrected chi connectivity index (χ4v) is 5.48. The number of anilines is 1. The van der Waals surface area contributed by atoms with E-state index in [4.69, 9.17) is 4.74 Å². The van der Waals surface area contributed by atoms with Gasteiger partial charge in [0.25, 0.3) is 10.0 Å². The van der Waals surface area contributed by atoms with Gasteiger partial charge in [-0.15, -0.1) is 0 Å². The lowest BCUT2D eigenvalue weighted by Crippen LogP contribution is -2.51. The van der Waals surface area contributed by atoms with Crippen LogP contribution >= 0.6 is 0 Å². The Morgan fingerprint density at radius 2 is 1.57 bits per heavy atom. The minimum atomic E-state index is -4.74. The molecule has 0 unspecified atom stereocenters. The summed E-state index contributed by atoms with van der Waals surface area (Å²) in [4.78, 5) is 27.9. The summed E-state index contributed by atoms with van der Waals surface area (Å²) in [6, 6.07) is 16.6. The van der Waals surface area contributed by atoms with Gasteiger partial charge in [0.05, 0.1) is 23.3 Å². The van der Waals surface area contributed by atoms with Crippen LogP contribution in [0.3, 0.4) is 0 Å². The predicted octanol–water partition coefficient (Wildman–Crippen LogP) is 5.10. The van der Waals surface area contributed by atoms with Crippen LogP contribution in [-0.2, 0) is 32.3 Å². The standard InChI is InChI=1S/C30H34F3N3O5S/c1-21(2)18-34-29(38)22(3)35(19-23-13-15-26(41-4)16-14-23)28(37)20-36(42(39,40)27-11-6-5-7-12-27)25-10-8-9-24(17-25)30(31,32)33/h5-17,21-22H,18-20H2,1-4H3,(H,34,38)/t22-/m0/s1. The number of rotatable bonds is 12. The fourth-order valence-electron chi connectivity index (χ4n) is 4.05. The molecule has 42 heavy (non-hydrogen) atoms. The van der Waals surface area contributed by atoms with Crippen LogP contribution in [0.1, 0.15) is 31.9 Å². The first kappa shape index (κ1) is 32.5. The lowest BCUT2D eigenvalue weighted by Gasteiger charge is -2.32. The zero-order chi connectivity index (χ0) is 31.1. The number of hydrogen-bond donors (Lipinski definition) is 1. The highest BCUT2D eigenvalue weighted by atomic mass is 32.2. The number of methoxy groups -OCH3 is 1. The van der Waals surface area contributed by atoms with E-state index in [1.54, 1.807) is 30.3 Å². The molecule has 0 saturated carbocycles. The first-order valence-corrected chi connectivity index (χ1v) is 14.6. The number of nitrogens with one attached hydrogen (secondary N) is 1. The zero-order valence-corrected chi connectivity index (χ0v) is 24.6. The third-order valence-electron chi connectivity index (χ3n) is 6.44. The van der Waals surface area contributed by atoms with Gasteiger partial charge in [-0.1, -0.05) is 50.2 Å². The van der Waals surface area contributed by atoms with Gasteiger partial charge in [-0.2, -0.15) is 13.2 Å². The molecule has 0 aromatic heterocycles. The Balaban J connectivity index is 2.05. The maximum Gasteiger partial charge on any atom is 0.416 e. The average Bonchev–Trinajstić information content (AvgIpc) is 2.97. The highest BCUT2D eigenvalue weighted by Crippen LogP contribution is 2.33. The molecule has 0 heterocycles. The van der Waals surface area contributed by atoms with E-state index in [2.05, 4.69) is 5.32 Å². The third-order valence-corrected chi connectivity index (χ3v) is 8.22. The average molecular weight is 606 g/mol. The van der Waals surface area contributed by atoms with E-state index in [0.717, 1.165) is 12.1 Å². The second-order valence-electron chi connectivity index (χ2n) is 10.1. The summed E-state index contributed by atoms with van der Waals surface area (Å²) in [6.07, 6.45) is -4.74. The predicted molar refractivity (Wildman–Crippen MR) is 153 cm³/mol. The van der Waals surface area contributed by atoms with Gasteiger partial charge in [-0.3, -0.25) is 13.9 Å². The summed E-state index contributed by atoms with van der Waals surface area (Å²) in [7, 11) is -2.99. The maximum absolute atomic E-state index is 13.9. The Bertz CT molecular complexity index is 1460. The highest BCUT2D eigenvalue weighted by Gasteiger charge is 2.35. The van der Waals surface area contributed by atoms with E-state index >= 15 is 0 Å². The van der Waals surface area contributed by atoms with Crippen LogP contribution in [0.2, 0.25) is 0 Å². The van der Waals surface area contributed by atoms with Crippen molar-refractivity contribution in [3.8, 4) is 5.75 Å². The second-order valence-corrected chi connectivity index (χ2v) is 11.9. The number of nitrogens with zero attached hydrogens (tertiary/aromatic N) is 2. The third kappa shape index (κ3) is 8.25. The van der Waals surface area contributed by atoms with Crippen molar-refractivity contribution in [1.82, 2.24) is 10.2 Å². The molecule has 3 aromatic rings. The zero-order valence-electron chi connectivity index (χ0n) is 23.8. The van der Waals surface area contributed by atoms with Crippen LogP contribution < -0.4 is 14.4 Å². The van der Waals surface area contributed by atoms with Gasteiger partial charge in [0.15, 0.2) is 0 Å². The van der Waals surface area contributed by atoms with Crippen molar-refractivity contribution in [3.63, 3.8) is 0 Å². The first-order chi connectivity index (χ1) is 19.7. The lowest BCUT2D eigenvalue weighted by atomic mass is 10.1. The molecule has 0 aliphatic rings. The van der Waals surface area contributed by atoms with Crippen molar-refractivity contribution < 1.29 is 35.9 Å². The molecule has 3 rings (SSSR count). The molecule has 0 aliphatic heterocycles. The van der Waals surface area contributed by atoms with E-state index in [1.807, 2.05) is 13.8 Å². The molecule has 0 fully saturated rings. The van der Waals surface area contributed by atoms with E-state index in [0.29, 0.717) is 28.2 Å². The van der Waals surface area contributed by atoms with Gasteiger partial charge in [0, 0.05) is 13.1 Å². The van der Waals surface area contributed by atoms with Gasteiger partial charge in [-0.25, -0.2) is 8.42 Å². The summed E-state index contributed by atoms with van der Waals surface area (Å²) in [5.41, 5.74) is -0.787. The van der Waals surface area contributed by atoms with Crippen LogP contribution in [0.4, 0.5) is 18.9 Å². The molecule has 1 atom stereocenters. The lowest BCUT2D eigenvalue weighted by molar-refractivity contribution is -0.139. The highest BCUT2D eigenvalue weighted by molar-refractivity contribution is 7.92. The van der Waals surface area contributed by atoms with E-state index in [1.165, 1.54) is 49.3 Å². The van der Waals surface area contributed by atoms with Crippen molar-refractivity contribution in [3.05, 3.63) is 90.0 Å². The number of sulfonamides is 1. The summed E-state index contributed by atoms with van der Waals surface area (Å²) in [5.74, 6) is -0.527. The topological polar surface area (TPSA) is 96.0 Å². The van der Waals surface area contributed by atoms with Gasteiger partial charge in [-0.05, 0) is 60.9 Å². The molecule has 0 aliphatic carbocycles. The Labute approximate surface area is 244 Å². The van der Waals surface area contributed by atoms with Crippen molar-refractivity contribution in [2.24, 2.45) is 5.92 Å². The van der Waals surface area contributed by atoms with Gasteiger partial charge in [0.2, 0.25) is 11.8 Å². The fraction of sp³-hybridized carbons (Fsp3) is 0.333. The molecule has 226 valence electrons. The van der Waals surface area contributed by atoms with Crippen LogP contribution in [-0.4, -0.2) is 51.4 Å². The number of carbonyl (C=O) groups excluding carboxylic acids is 2. The summed E-state index contributed by atoms with van der Waals surface area (Å²) in [5, 5.41) is 2.78. The molecule has 0 saturated heterocycles. The number of ether oxygens (including phenoxy) is 1. The second kappa shape index (κ2) is 13.7. The molecule has 8 nitrogen and oxygen atoms in total. The largest absolute Gasteiger partial charge is 0.497 e. The molecule has 0 radical (unpaired) electrons. The Morgan fingerprint density at radius 1 is 0.929 bits per heavy atom. The molecule has 0 bridgehead atoms. The summed E-state index contributed by atoms with van der Waals surface area (Å²) < 4.78 is 74.0. The number of alkyl halides is 3. The molecular weight excluding hydrogens is 571 g/mol. The Hall–Kier alpha value is -4.06. The van der Waals surface area contributed by atoms with Gasteiger partial charge < -0.3 is 15.0 Å². The van der Waals surface area contributed by atoms with Gasteiger partial charge >= 0.3 is 6.18 Å². The minimum absolute atomic E-state index is 0.0685. The summed E-state index contributed by atoms with van der Waals surface area (Å²) in [6.45, 7) is 4.76. The molecule has 1 N–H and O–H groups in total. The molecule has 12 heteroatoms. The van der Waals surface area contributed by atoms with Crippen molar-refractivity contribution in [2.75, 3.05) is 24.5 Å². The Morgan fingerprint density at radius 3 is 2.14 bits per heavy atom. The number of amides is 2. The quantitative estimate of drug-likeness (QED) is 0.310. The molecular formula is C30H34F3N3O5S. The minimum Gasteiger partial charge on any atom is -0.497 e. The van der Waals surface area contributed by atoms with Crippen LogP contribution in [0.25, 0.3) is 0 Å². The Kier molecular flexibility index (Phi) is 10.6. The molecule has 3 aromatic carbocycles. The van der Waals surface area contributed by atoms with Gasteiger partial charge in [0.1, 0.15) is 18.3 Å². The van der Waals surface area contributed by atoms with Crippen molar-refractivity contribution in [2.45, 2.75) is 44.4 Å². The number of hydrogen-bond acceptors (Lipinski definition) is 5. The van der Waals surface area contributed by atoms with Crippen LogP contribution in [0, 0.1) is 5.92 Å². The number of halogens is 3. The van der Waals surface area contributed by atoms with E-state index in [9.17, 15) is 31.2 Å². The molecule has 0 spiro atoms. The smallest absolute Gasteiger partial charge is 0.416 e. The molecule has 2 amide bonds. The SMILES string of the molecule is COc1ccc(CN(C(=O)CN(c2cccc(C(F)(F)F)c2)S(=O)(=O)c2ccccc2)[C@@H](C)C(=O)NCC(C)C)cc1. The maximum atomic E-state index is 13.9. The van der Waals surface area contributed by atoms with Crippen molar-refractivity contribution >= 4 is 27.5 Å². The van der Waals surface area contributed by atoms with Crippen LogP contribution in [0.15, 0.2) is 83.8 Å². The first-order valence-electron chi connectivity index (χ1n) is 13.2. The van der Waals surface area contributed by atoms with E-state index < -0.39 is 46.2 Å². The monoisotopic (exact) mass is 605 g/mol. The number of benzene rings is 3. The number of carbonyl (C=O) groups is 2.